The van der Waals surface area contributed by atoms with Crippen molar-refractivity contribution in [2.75, 3.05) is 19.6 Å². The van der Waals surface area contributed by atoms with E-state index < -0.39 is 0 Å². The van der Waals surface area contributed by atoms with Crippen LogP contribution in [0.1, 0.15) is 54.0 Å². The highest BCUT2D eigenvalue weighted by Gasteiger charge is 2.16. The standard InChI is InChI=1S/C16H26N2OS/c1-12-11-15(14(3)20-12)13(2)17-8-7-16(19)18-9-5-4-6-10-18/h11,13,17H,4-10H2,1-3H3. The molecule has 1 N–H and O–H groups in total. The monoisotopic (exact) mass is 294 g/mol. The third-order valence-corrected chi connectivity index (χ3v) is 5.03. The molecule has 0 aliphatic carbocycles. The summed E-state index contributed by atoms with van der Waals surface area (Å²) in [6.07, 6.45) is 4.23. The second-order valence-corrected chi connectivity index (χ2v) is 7.20. The van der Waals surface area contributed by atoms with Crippen molar-refractivity contribution >= 4 is 17.2 Å². The van der Waals surface area contributed by atoms with Crippen molar-refractivity contribution in [2.45, 2.75) is 52.5 Å². The summed E-state index contributed by atoms with van der Waals surface area (Å²) in [7, 11) is 0. The molecule has 1 aromatic rings. The Morgan fingerprint density at radius 2 is 2.05 bits per heavy atom. The van der Waals surface area contributed by atoms with Crippen molar-refractivity contribution in [1.82, 2.24) is 10.2 Å². The number of likely N-dealkylation sites (tertiary alicyclic amines) is 1. The number of aryl methyl sites for hydroxylation is 2. The van der Waals surface area contributed by atoms with Gasteiger partial charge < -0.3 is 10.2 Å². The Hall–Kier alpha value is -0.870. The minimum Gasteiger partial charge on any atom is -0.343 e. The van der Waals surface area contributed by atoms with Crippen molar-refractivity contribution in [3.05, 3.63) is 21.4 Å². The molecule has 1 atom stereocenters. The molecule has 3 nitrogen and oxygen atoms in total. The number of nitrogens with zero attached hydrogens (tertiary/aromatic N) is 1. The normalized spacial score (nSPS) is 17.2. The van der Waals surface area contributed by atoms with E-state index in [0.29, 0.717) is 18.4 Å². The number of rotatable bonds is 5. The first kappa shape index (κ1) is 15.5. The van der Waals surface area contributed by atoms with Crippen LogP contribution < -0.4 is 5.32 Å². The molecule has 1 fully saturated rings. The lowest BCUT2D eigenvalue weighted by molar-refractivity contribution is -0.132. The second-order valence-electron chi connectivity index (χ2n) is 5.74. The Labute approximate surface area is 126 Å². The highest BCUT2D eigenvalue weighted by molar-refractivity contribution is 7.12. The van der Waals surface area contributed by atoms with E-state index in [9.17, 15) is 4.79 Å². The van der Waals surface area contributed by atoms with Crippen LogP contribution in [-0.4, -0.2) is 30.4 Å². The van der Waals surface area contributed by atoms with Gasteiger partial charge in [0.05, 0.1) is 0 Å². The molecule has 4 heteroatoms. The van der Waals surface area contributed by atoms with Crippen LogP contribution in [0.15, 0.2) is 6.07 Å². The molecule has 1 aliphatic rings. The summed E-state index contributed by atoms with van der Waals surface area (Å²) >= 11 is 1.84. The van der Waals surface area contributed by atoms with Crippen LogP contribution >= 0.6 is 11.3 Å². The van der Waals surface area contributed by atoms with E-state index in [1.807, 2.05) is 16.2 Å². The number of hydrogen-bond donors (Lipinski definition) is 1. The molecule has 2 heterocycles. The Morgan fingerprint density at radius 3 is 2.65 bits per heavy atom. The number of piperidine rings is 1. The summed E-state index contributed by atoms with van der Waals surface area (Å²) in [5.74, 6) is 0.308. The Balaban J connectivity index is 1.75. The topological polar surface area (TPSA) is 32.3 Å². The molecule has 2 rings (SSSR count). The van der Waals surface area contributed by atoms with Crippen LogP contribution in [0, 0.1) is 13.8 Å². The summed E-state index contributed by atoms with van der Waals surface area (Å²) in [6.45, 7) is 9.18. The first-order valence-electron chi connectivity index (χ1n) is 7.66. The molecule has 20 heavy (non-hydrogen) atoms. The Kier molecular flexibility index (Phi) is 5.61. The molecule has 0 radical (unpaired) electrons. The molecule has 1 aromatic heterocycles. The van der Waals surface area contributed by atoms with Gasteiger partial charge in [-0.15, -0.1) is 11.3 Å². The zero-order valence-electron chi connectivity index (χ0n) is 12.9. The van der Waals surface area contributed by atoms with Crippen LogP contribution in [0.2, 0.25) is 0 Å². The van der Waals surface area contributed by atoms with E-state index in [1.165, 1.54) is 34.6 Å². The minimum atomic E-state index is 0.308. The predicted octanol–water partition coefficient (Wildman–Crippen LogP) is 3.42. The third-order valence-electron chi connectivity index (χ3n) is 4.04. The predicted molar refractivity (Wildman–Crippen MR) is 85.3 cm³/mol. The van der Waals surface area contributed by atoms with Gasteiger partial charge in [-0.25, -0.2) is 0 Å². The van der Waals surface area contributed by atoms with Crippen molar-refractivity contribution in [1.29, 1.82) is 0 Å². The van der Waals surface area contributed by atoms with Gasteiger partial charge in [0.15, 0.2) is 0 Å². The number of carbonyl (C=O) groups is 1. The number of nitrogens with one attached hydrogen (secondary N) is 1. The first-order valence-corrected chi connectivity index (χ1v) is 8.47. The van der Waals surface area contributed by atoms with Crippen LogP contribution in [0.25, 0.3) is 0 Å². The van der Waals surface area contributed by atoms with Crippen molar-refractivity contribution in [3.63, 3.8) is 0 Å². The van der Waals surface area contributed by atoms with Crippen LogP contribution in [0.4, 0.5) is 0 Å². The van der Waals surface area contributed by atoms with Crippen molar-refractivity contribution < 1.29 is 4.79 Å². The molecule has 0 spiro atoms. The van der Waals surface area contributed by atoms with Gasteiger partial charge in [-0.05, 0) is 51.7 Å². The molecule has 112 valence electrons. The van der Waals surface area contributed by atoms with E-state index in [2.05, 4.69) is 32.2 Å². The summed E-state index contributed by atoms with van der Waals surface area (Å²) in [5.41, 5.74) is 1.37. The lowest BCUT2D eigenvalue weighted by Crippen LogP contribution is -2.37. The van der Waals surface area contributed by atoms with Crippen LogP contribution in [-0.2, 0) is 4.79 Å². The van der Waals surface area contributed by atoms with Gasteiger partial charge in [0.2, 0.25) is 5.91 Å². The van der Waals surface area contributed by atoms with E-state index in [4.69, 9.17) is 0 Å². The van der Waals surface area contributed by atoms with Crippen molar-refractivity contribution in [3.8, 4) is 0 Å². The fourth-order valence-electron chi connectivity index (χ4n) is 2.89. The highest BCUT2D eigenvalue weighted by Crippen LogP contribution is 2.26. The highest BCUT2D eigenvalue weighted by atomic mass is 32.1. The fourth-order valence-corrected chi connectivity index (χ4v) is 3.91. The van der Waals surface area contributed by atoms with Gasteiger partial charge in [0.1, 0.15) is 0 Å². The first-order chi connectivity index (χ1) is 9.58. The largest absolute Gasteiger partial charge is 0.343 e. The summed E-state index contributed by atoms with van der Waals surface area (Å²) in [6, 6.07) is 2.58. The zero-order chi connectivity index (χ0) is 14.5. The molecular weight excluding hydrogens is 268 g/mol. The van der Waals surface area contributed by atoms with Gasteiger partial charge in [-0.2, -0.15) is 0 Å². The molecule has 1 unspecified atom stereocenters. The van der Waals surface area contributed by atoms with Crippen molar-refractivity contribution in [2.24, 2.45) is 0 Å². The molecular formula is C16H26N2OS. The average molecular weight is 294 g/mol. The maximum absolute atomic E-state index is 12.1. The Morgan fingerprint density at radius 1 is 1.35 bits per heavy atom. The summed E-state index contributed by atoms with van der Waals surface area (Å²) in [4.78, 5) is 16.8. The van der Waals surface area contributed by atoms with Crippen LogP contribution in [0.5, 0.6) is 0 Å². The quantitative estimate of drug-likeness (QED) is 0.902. The smallest absolute Gasteiger partial charge is 0.223 e. The van der Waals surface area contributed by atoms with Gasteiger partial charge >= 0.3 is 0 Å². The van der Waals surface area contributed by atoms with E-state index in [0.717, 1.165) is 19.6 Å². The van der Waals surface area contributed by atoms with E-state index in [-0.39, 0.29) is 0 Å². The fraction of sp³-hybridized carbons (Fsp3) is 0.688. The lowest BCUT2D eigenvalue weighted by atomic mass is 10.1. The van der Waals surface area contributed by atoms with E-state index >= 15 is 0 Å². The number of hydrogen-bond acceptors (Lipinski definition) is 3. The zero-order valence-corrected chi connectivity index (χ0v) is 13.7. The van der Waals surface area contributed by atoms with Gasteiger partial charge in [0.25, 0.3) is 0 Å². The molecule has 1 aliphatic heterocycles. The Bertz CT molecular complexity index is 449. The molecule has 0 aromatic carbocycles. The molecule has 1 saturated heterocycles. The van der Waals surface area contributed by atoms with Gasteiger partial charge in [-0.1, -0.05) is 0 Å². The SMILES string of the molecule is Cc1cc(C(C)NCCC(=O)N2CCCCC2)c(C)s1. The molecule has 1 amide bonds. The van der Waals surface area contributed by atoms with Gasteiger partial charge in [0, 0.05) is 41.9 Å². The number of amides is 1. The number of thiophene rings is 1. The maximum Gasteiger partial charge on any atom is 0.223 e. The third kappa shape index (κ3) is 4.06. The average Bonchev–Trinajstić information content (AvgIpc) is 2.78. The van der Waals surface area contributed by atoms with Crippen LogP contribution in [0.3, 0.4) is 0 Å². The molecule has 0 saturated carbocycles. The number of carbonyl (C=O) groups excluding carboxylic acids is 1. The van der Waals surface area contributed by atoms with Gasteiger partial charge in [-0.3, -0.25) is 4.79 Å². The summed E-state index contributed by atoms with van der Waals surface area (Å²) < 4.78 is 0. The summed E-state index contributed by atoms with van der Waals surface area (Å²) in [5, 5.41) is 3.48. The maximum atomic E-state index is 12.1. The molecule has 0 bridgehead atoms. The lowest BCUT2D eigenvalue weighted by Gasteiger charge is -2.27. The van der Waals surface area contributed by atoms with E-state index in [1.54, 1.807) is 0 Å². The minimum absolute atomic E-state index is 0.308. The second kappa shape index (κ2) is 7.23.